The first kappa shape index (κ1) is 14.4. The molecule has 0 amide bonds. The SMILES string of the molecule is CNCc1oc(COc2cc(Br)ccc2Cl)cc1C. The maximum absolute atomic E-state index is 6.06. The summed E-state index contributed by atoms with van der Waals surface area (Å²) < 4.78 is 12.3. The Labute approximate surface area is 126 Å². The first-order valence-corrected chi connectivity index (χ1v) is 7.08. The molecule has 102 valence electrons. The summed E-state index contributed by atoms with van der Waals surface area (Å²) in [5.41, 5.74) is 1.12. The van der Waals surface area contributed by atoms with Gasteiger partial charge in [-0.15, -0.1) is 0 Å². The summed E-state index contributed by atoms with van der Waals surface area (Å²) in [4.78, 5) is 0. The molecule has 0 saturated heterocycles. The van der Waals surface area contributed by atoms with Crippen LogP contribution in [0.15, 0.2) is 33.2 Å². The molecule has 0 aliphatic heterocycles. The summed E-state index contributed by atoms with van der Waals surface area (Å²) in [6.07, 6.45) is 0. The highest BCUT2D eigenvalue weighted by molar-refractivity contribution is 9.10. The van der Waals surface area contributed by atoms with E-state index in [4.69, 9.17) is 20.8 Å². The molecule has 0 aliphatic carbocycles. The molecule has 0 saturated carbocycles. The second kappa shape index (κ2) is 6.46. The summed E-state index contributed by atoms with van der Waals surface area (Å²) in [6, 6.07) is 7.49. The van der Waals surface area contributed by atoms with Crippen LogP contribution in [0.25, 0.3) is 0 Å². The topological polar surface area (TPSA) is 34.4 Å². The molecule has 19 heavy (non-hydrogen) atoms. The van der Waals surface area contributed by atoms with Crippen molar-refractivity contribution in [3.8, 4) is 5.75 Å². The molecule has 1 aromatic heterocycles. The van der Waals surface area contributed by atoms with E-state index in [1.54, 1.807) is 6.07 Å². The maximum atomic E-state index is 6.06. The third-order valence-electron chi connectivity index (χ3n) is 2.67. The predicted molar refractivity (Wildman–Crippen MR) is 79.7 cm³/mol. The zero-order chi connectivity index (χ0) is 13.8. The number of rotatable bonds is 5. The standard InChI is InChI=1S/C14H15BrClNO2/c1-9-5-11(19-14(9)7-17-2)8-18-13-6-10(15)3-4-12(13)16/h3-6,17H,7-8H2,1-2H3. The minimum atomic E-state index is 0.362. The van der Waals surface area contributed by atoms with Crippen molar-refractivity contribution in [2.24, 2.45) is 0 Å². The van der Waals surface area contributed by atoms with Crippen molar-refractivity contribution in [3.63, 3.8) is 0 Å². The van der Waals surface area contributed by atoms with Gasteiger partial charge in [0.2, 0.25) is 0 Å². The van der Waals surface area contributed by atoms with Crippen molar-refractivity contribution in [2.45, 2.75) is 20.1 Å². The van der Waals surface area contributed by atoms with Gasteiger partial charge in [-0.25, -0.2) is 0 Å². The van der Waals surface area contributed by atoms with Crippen molar-refractivity contribution in [3.05, 3.63) is 50.8 Å². The summed E-state index contributed by atoms with van der Waals surface area (Å²) in [6.45, 7) is 3.09. The zero-order valence-corrected chi connectivity index (χ0v) is 13.1. The Kier molecular flexibility index (Phi) is 4.91. The van der Waals surface area contributed by atoms with E-state index in [0.29, 0.717) is 23.9 Å². The van der Waals surface area contributed by atoms with Gasteiger partial charge in [0.15, 0.2) is 0 Å². The number of benzene rings is 1. The van der Waals surface area contributed by atoms with Gasteiger partial charge in [0.25, 0.3) is 0 Å². The van der Waals surface area contributed by atoms with Gasteiger partial charge in [-0.3, -0.25) is 0 Å². The molecule has 5 heteroatoms. The lowest BCUT2D eigenvalue weighted by molar-refractivity contribution is 0.265. The third kappa shape index (κ3) is 3.75. The van der Waals surface area contributed by atoms with Crippen molar-refractivity contribution < 1.29 is 9.15 Å². The molecule has 0 bridgehead atoms. The molecule has 0 aliphatic rings. The van der Waals surface area contributed by atoms with Crippen molar-refractivity contribution in [2.75, 3.05) is 7.05 Å². The Bertz CT molecular complexity index is 569. The fourth-order valence-corrected chi connectivity index (χ4v) is 2.25. The molecule has 3 nitrogen and oxygen atoms in total. The van der Waals surface area contributed by atoms with Crippen molar-refractivity contribution in [1.82, 2.24) is 5.32 Å². The van der Waals surface area contributed by atoms with Gasteiger partial charge < -0.3 is 14.5 Å². The van der Waals surface area contributed by atoms with Crippen LogP contribution in [0, 0.1) is 6.92 Å². The Balaban J connectivity index is 2.06. The molecule has 1 N–H and O–H groups in total. The fourth-order valence-electron chi connectivity index (χ4n) is 1.73. The van der Waals surface area contributed by atoms with E-state index in [2.05, 4.69) is 21.2 Å². The van der Waals surface area contributed by atoms with Crippen LogP contribution in [-0.4, -0.2) is 7.05 Å². The van der Waals surface area contributed by atoms with E-state index in [1.165, 1.54) is 0 Å². The van der Waals surface area contributed by atoms with Gasteiger partial charge in [-0.2, -0.15) is 0 Å². The Morgan fingerprint density at radius 2 is 2.16 bits per heavy atom. The second-order valence-corrected chi connectivity index (χ2v) is 5.54. The summed E-state index contributed by atoms with van der Waals surface area (Å²) in [7, 11) is 1.89. The molecular weight excluding hydrogens is 330 g/mol. The minimum absolute atomic E-state index is 0.362. The highest BCUT2D eigenvalue weighted by atomic mass is 79.9. The number of ether oxygens (including phenoxy) is 1. The maximum Gasteiger partial charge on any atom is 0.146 e. The number of hydrogen-bond acceptors (Lipinski definition) is 3. The van der Waals surface area contributed by atoms with E-state index in [1.807, 2.05) is 32.2 Å². The van der Waals surface area contributed by atoms with E-state index in [-0.39, 0.29) is 0 Å². The number of aryl methyl sites for hydroxylation is 1. The second-order valence-electron chi connectivity index (χ2n) is 4.21. The van der Waals surface area contributed by atoms with Gasteiger partial charge in [-0.1, -0.05) is 27.5 Å². The number of nitrogens with one attached hydrogen (secondary N) is 1. The van der Waals surface area contributed by atoms with E-state index < -0.39 is 0 Å². The van der Waals surface area contributed by atoms with Crippen LogP contribution in [-0.2, 0) is 13.2 Å². The van der Waals surface area contributed by atoms with Gasteiger partial charge in [0.05, 0.1) is 11.6 Å². The molecule has 0 fully saturated rings. The molecule has 0 radical (unpaired) electrons. The molecule has 0 atom stereocenters. The highest BCUT2D eigenvalue weighted by Crippen LogP contribution is 2.29. The number of hydrogen-bond donors (Lipinski definition) is 1. The van der Waals surface area contributed by atoms with Crippen LogP contribution >= 0.6 is 27.5 Å². The quantitative estimate of drug-likeness (QED) is 0.878. The molecule has 1 aromatic carbocycles. The Morgan fingerprint density at radius 1 is 1.37 bits per heavy atom. The van der Waals surface area contributed by atoms with Gasteiger partial charge >= 0.3 is 0 Å². The van der Waals surface area contributed by atoms with E-state index >= 15 is 0 Å². The van der Waals surface area contributed by atoms with Crippen LogP contribution in [0.3, 0.4) is 0 Å². The first-order chi connectivity index (χ1) is 9.10. The van der Waals surface area contributed by atoms with Crippen LogP contribution < -0.4 is 10.1 Å². The number of halogens is 2. The smallest absolute Gasteiger partial charge is 0.146 e. The highest BCUT2D eigenvalue weighted by Gasteiger charge is 2.09. The first-order valence-electron chi connectivity index (χ1n) is 5.91. The lowest BCUT2D eigenvalue weighted by atomic mass is 10.2. The fraction of sp³-hybridized carbons (Fsp3) is 0.286. The van der Waals surface area contributed by atoms with Gasteiger partial charge in [0, 0.05) is 4.47 Å². The Morgan fingerprint density at radius 3 is 2.89 bits per heavy atom. The van der Waals surface area contributed by atoms with Crippen molar-refractivity contribution in [1.29, 1.82) is 0 Å². The normalized spacial score (nSPS) is 10.7. The lowest BCUT2D eigenvalue weighted by Gasteiger charge is -2.06. The van der Waals surface area contributed by atoms with Gasteiger partial charge in [0.1, 0.15) is 23.9 Å². The summed E-state index contributed by atoms with van der Waals surface area (Å²) in [5, 5.41) is 3.65. The summed E-state index contributed by atoms with van der Waals surface area (Å²) in [5.74, 6) is 2.36. The molecule has 2 rings (SSSR count). The molecule has 1 heterocycles. The van der Waals surface area contributed by atoms with Crippen LogP contribution in [0.4, 0.5) is 0 Å². The predicted octanol–water partition coefficient (Wildman–Crippen LogP) is 4.30. The monoisotopic (exact) mass is 343 g/mol. The summed E-state index contributed by atoms with van der Waals surface area (Å²) >= 11 is 9.45. The molecule has 0 unspecified atom stereocenters. The largest absolute Gasteiger partial charge is 0.484 e. The van der Waals surface area contributed by atoms with Crippen molar-refractivity contribution >= 4 is 27.5 Å². The van der Waals surface area contributed by atoms with Crippen LogP contribution in [0.5, 0.6) is 5.75 Å². The Hall–Kier alpha value is -0.970. The van der Waals surface area contributed by atoms with Crippen LogP contribution in [0.1, 0.15) is 17.1 Å². The van der Waals surface area contributed by atoms with E-state index in [9.17, 15) is 0 Å². The minimum Gasteiger partial charge on any atom is -0.484 e. The van der Waals surface area contributed by atoms with Gasteiger partial charge in [-0.05, 0) is 43.8 Å². The molecular formula is C14H15BrClNO2. The number of furan rings is 1. The molecule has 2 aromatic rings. The van der Waals surface area contributed by atoms with E-state index in [0.717, 1.165) is 21.6 Å². The van der Waals surface area contributed by atoms with Crippen LogP contribution in [0.2, 0.25) is 5.02 Å². The molecule has 0 spiro atoms. The zero-order valence-electron chi connectivity index (χ0n) is 10.8. The average Bonchev–Trinajstić information content (AvgIpc) is 2.72. The average molecular weight is 345 g/mol. The third-order valence-corrected chi connectivity index (χ3v) is 3.48. The lowest BCUT2D eigenvalue weighted by Crippen LogP contribution is -2.04.